The van der Waals surface area contributed by atoms with E-state index in [1.807, 2.05) is 36.4 Å². The molecule has 0 saturated heterocycles. The highest BCUT2D eigenvalue weighted by Crippen LogP contribution is 2.35. The van der Waals surface area contributed by atoms with Crippen molar-refractivity contribution in [1.29, 1.82) is 0 Å². The maximum atomic E-state index is 10.1. The maximum Gasteiger partial charge on any atom is 0.142 e. The molecule has 0 fully saturated rings. The van der Waals surface area contributed by atoms with Crippen LogP contribution >= 0.6 is 0 Å². The highest BCUT2D eigenvalue weighted by molar-refractivity contribution is 5.80. The van der Waals surface area contributed by atoms with Gasteiger partial charge in [0.25, 0.3) is 0 Å². The summed E-state index contributed by atoms with van der Waals surface area (Å²) in [6, 6.07) is 13.7. The van der Waals surface area contributed by atoms with Gasteiger partial charge in [-0.1, -0.05) is 31.5 Å². The SMILES string of the molecule is CCCCc1ccc(O)c(N2Nc3ccccc3N2)c1. The average Bonchev–Trinajstić information content (AvgIpc) is 2.90. The monoisotopic (exact) mass is 269 g/mol. The summed E-state index contributed by atoms with van der Waals surface area (Å²) >= 11 is 0. The van der Waals surface area contributed by atoms with Gasteiger partial charge in [0.05, 0.1) is 11.4 Å². The van der Waals surface area contributed by atoms with Gasteiger partial charge in [0.15, 0.2) is 0 Å². The molecule has 104 valence electrons. The van der Waals surface area contributed by atoms with E-state index in [0.29, 0.717) is 0 Å². The van der Waals surface area contributed by atoms with Crippen LogP contribution in [0.5, 0.6) is 5.75 Å². The van der Waals surface area contributed by atoms with Crippen molar-refractivity contribution in [2.45, 2.75) is 26.2 Å². The van der Waals surface area contributed by atoms with Gasteiger partial charge < -0.3 is 5.11 Å². The van der Waals surface area contributed by atoms with Gasteiger partial charge in [-0.3, -0.25) is 10.9 Å². The van der Waals surface area contributed by atoms with Crippen molar-refractivity contribution in [1.82, 2.24) is 0 Å². The normalized spacial score (nSPS) is 12.8. The molecule has 1 aliphatic rings. The molecule has 0 atom stereocenters. The van der Waals surface area contributed by atoms with Crippen molar-refractivity contribution in [2.24, 2.45) is 0 Å². The number of phenols is 1. The fourth-order valence-corrected chi connectivity index (χ4v) is 2.35. The zero-order valence-electron chi connectivity index (χ0n) is 11.6. The number of unbranched alkanes of at least 4 members (excludes halogenated alkanes) is 1. The molecule has 0 aliphatic carbocycles. The third kappa shape index (κ3) is 2.37. The lowest BCUT2D eigenvalue weighted by Gasteiger charge is -2.20. The molecule has 4 nitrogen and oxygen atoms in total. The van der Waals surface area contributed by atoms with Gasteiger partial charge in [-0.25, -0.2) is 0 Å². The van der Waals surface area contributed by atoms with Gasteiger partial charge in [-0.2, -0.15) is 5.12 Å². The number of nitrogens with zero attached hydrogens (tertiary/aromatic N) is 1. The largest absolute Gasteiger partial charge is 0.506 e. The number of benzene rings is 2. The van der Waals surface area contributed by atoms with Gasteiger partial charge in [-0.15, -0.1) is 0 Å². The molecule has 0 unspecified atom stereocenters. The number of phenolic OH excluding ortho intramolecular Hbond substituents is 1. The van der Waals surface area contributed by atoms with Crippen LogP contribution in [0.25, 0.3) is 0 Å². The van der Waals surface area contributed by atoms with Crippen molar-refractivity contribution >= 4 is 17.1 Å². The number of hydrazine groups is 2. The predicted molar refractivity (Wildman–Crippen MR) is 82.9 cm³/mol. The molecule has 2 aromatic rings. The summed E-state index contributed by atoms with van der Waals surface area (Å²) < 4.78 is 0. The molecule has 2 aromatic carbocycles. The van der Waals surface area contributed by atoms with Crippen LogP contribution < -0.4 is 16.0 Å². The Bertz CT molecular complexity index is 587. The summed E-state index contributed by atoms with van der Waals surface area (Å²) in [5, 5.41) is 11.8. The van der Waals surface area contributed by atoms with E-state index in [9.17, 15) is 5.11 Å². The Labute approximate surface area is 119 Å². The van der Waals surface area contributed by atoms with Crippen LogP contribution in [0.4, 0.5) is 17.1 Å². The zero-order chi connectivity index (χ0) is 13.9. The number of fused-ring (bicyclic) bond motifs is 1. The Morgan fingerprint density at radius 1 is 1.05 bits per heavy atom. The highest BCUT2D eigenvalue weighted by atomic mass is 16.3. The second-order valence-corrected chi connectivity index (χ2v) is 5.03. The van der Waals surface area contributed by atoms with Crippen molar-refractivity contribution in [2.75, 3.05) is 16.0 Å². The zero-order valence-corrected chi connectivity index (χ0v) is 11.6. The molecule has 1 heterocycles. The first kappa shape index (κ1) is 12.7. The number of anilines is 3. The van der Waals surface area contributed by atoms with E-state index in [4.69, 9.17) is 0 Å². The summed E-state index contributed by atoms with van der Waals surface area (Å²) in [6.07, 6.45) is 3.36. The number of hydrogen-bond donors (Lipinski definition) is 3. The minimum Gasteiger partial charge on any atom is -0.506 e. The smallest absolute Gasteiger partial charge is 0.142 e. The van der Waals surface area contributed by atoms with Crippen LogP contribution in [0.1, 0.15) is 25.3 Å². The van der Waals surface area contributed by atoms with Crippen LogP contribution in [0.15, 0.2) is 42.5 Å². The van der Waals surface area contributed by atoms with Crippen molar-refractivity contribution in [3.8, 4) is 5.75 Å². The van der Waals surface area contributed by atoms with Gasteiger partial charge in [-0.05, 0) is 42.7 Å². The van der Waals surface area contributed by atoms with Crippen molar-refractivity contribution < 1.29 is 5.11 Å². The third-order valence-electron chi connectivity index (χ3n) is 3.49. The van der Waals surface area contributed by atoms with Gasteiger partial charge in [0, 0.05) is 0 Å². The first-order chi connectivity index (χ1) is 9.78. The minimum absolute atomic E-state index is 0.262. The van der Waals surface area contributed by atoms with Crippen LogP contribution in [0, 0.1) is 0 Å². The fourth-order valence-electron chi connectivity index (χ4n) is 2.35. The molecule has 1 aliphatic heterocycles. The lowest BCUT2D eigenvalue weighted by atomic mass is 10.1. The Balaban J connectivity index is 1.84. The quantitative estimate of drug-likeness (QED) is 0.787. The van der Waals surface area contributed by atoms with E-state index >= 15 is 0 Å². The van der Waals surface area contributed by atoms with Gasteiger partial charge >= 0.3 is 0 Å². The second-order valence-electron chi connectivity index (χ2n) is 5.03. The molecule has 0 bridgehead atoms. The standard InChI is InChI=1S/C16H19N3O/c1-2-3-6-12-9-10-16(20)15(11-12)19-17-13-7-4-5-8-14(13)18-19/h4-5,7-11,17-18,20H,2-3,6H2,1H3. The number of rotatable bonds is 4. The molecule has 4 heteroatoms. The lowest BCUT2D eigenvalue weighted by Crippen LogP contribution is -2.29. The molecular formula is C16H19N3O. The maximum absolute atomic E-state index is 10.1. The Kier molecular flexibility index (Phi) is 3.37. The van der Waals surface area contributed by atoms with E-state index in [1.165, 1.54) is 12.0 Å². The molecule has 0 radical (unpaired) electrons. The first-order valence-electron chi connectivity index (χ1n) is 7.02. The highest BCUT2D eigenvalue weighted by Gasteiger charge is 2.20. The van der Waals surface area contributed by atoms with Crippen LogP contribution in [-0.2, 0) is 6.42 Å². The van der Waals surface area contributed by atoms with Crippen molar-refractivity contribution in [3.63, 3.8) is 0 Å². The summed E-state index contributed by atoms with van der Waals surface area (Å²) in [4.78, 5) is 0. The first-order valence-corrected chi connectivity index (χ1v) is 7.02. The van der Waals surface area contributed by atoms with Gasteiger partial charge in [0.1, 0.15) is 11.4 Å². The summed E-state index contributed by atoms with van der Waals surface area (Å²) in [5.74, 6) is 0.262. The van der Waals surface area contributed by atoms with E-state index in [0.717, 1.165) is 29.9 Å². The molecule has 20 heavy (non-hydrogen) atoms. The number of aromatic hydroxyl groups is 1. The predicted octanol–water partition coefficient (Wildman–Crippen LogP) is 3.91. The van der Waals surface area contributed by atoms with Crippen LogP contribution in [0.3, 0.4) is 0 Å². The molecule has 0 amide bonds. The van der Waals surface area contributed by atoms with Crippen LogP contribution in [0.2, 0.25) is 0 Å². The number of aryl methyl sites for hydroxylation is 1. The van der Waals surface area contributed by atoms with Crippen LogP contribution in [-0.4, -0.2) is 5.11 Å². The van der Waals surface area contributed by atoms with E-state index < -0.39 is 0 Å². The van der Waals surface area contributed by atoms with E-state index in [-0.39, 0.29) is 5.75 Å². The fraction of sp³-hybridized carbons (Fsp3) is 0.250. The molecule has 0 spiro atoms. The molecule has 0 saturated carbocycles. The average molecular weight is 269 g/mol. The number of nitrogens with one attached hydrogen (secondary N) is 2. The Morgan fingerprint density at radius 3 is 2.40 bits per heavy atom. The molecule has 3 N–H and O–H groups in total. The van der Waals surface area contributed by atoms with Crippen molar-refractivity contribution in [3.05, 3.63) is 48.0 Å². The van der Waals surface area contributed by atoms with E-state index in [1.54, 1.807) is 11.2 Å². The summed E-state index contributed by atoms with van der Waals surface area (Å²) in [5.41, 5.74) is 10.5. The lowest BCUT2D eigenvalue weighted by molar-refractivity contribution is 0.475. The second kappa shape index (κ2) is 5.33. The van der Waals surface area contributed by atoms with Gasteiger partial charge in [0.2, 0.25) is 0 Å². The summed E-state index contributed by atoms with van der Waals surface area (Å²) in [6.45, 7) is 2.18. The van der Waals surface area contributed by atoms with E-state index in [2.05, 4.69) is 17.8 Å². The topological polar surface area (TPSA) is 47.5 Å². The number of para-hydroxylation sites is 2. The minimum atomic E-state index is 0.262. The molecule has 3 rings (SSSR count). The Hall–Kier alpha value is -2.36. The number of hydrogen-bond acceptors (Lipinski definition) is 4. The molecule has 0 aromatic heterocycles. The summed E-state index contributed by atoms with van der Waals surface area (Å²) in [7, 11) is 0. The molecular weight excluding hydrogens is 250 g/mol. The third-order valence-corrected chi connectivity index (χ3v) is 3.49. The Morgan fingerprint density at radius 2 is 1.75 bits per heavy atom.